The largest absolute Gasteiger partial charge is 0.455 e. The molecule has 2 N–H and O–H groups in total. The lowest BCUT2D eigenvalue weighted by Gasteiger charge is -2.09. The molecule has 1 aromatic carbocycles. The average Bonchev–Trinajstić information content (AvgIpc) is 2.45. The van der Waals surface area contributed by atoms with Crippen LogP contribution >= 0.6 is 0 Å². The van der Waals surface area contributed by atoms with Gasteiger partial charge in [-0.3, -0.25) is 14.9 Å². The number of hydrogen-bond donors (Lipinski definition) is 2. The molecular weight excluding hydrogens is 317 g/mol. The van der Waals surface area contributed by atoms with Gasteiger partial charge in [-0.1, -0.05) is 18.2 Å². The highest BCUT2D eigenvalue weighted by molar-refractivity contribution is 5.95. The Kier molecular flexibility index (Phi) is 6.55. The zero-order valence-electron chi connectivity index (χ0n) is 12.2. The predicted molar refractivity (Wildman–Crippen MR) is 73.3 cm³/mol. The van der Waals surface area contributed by atoms with Gasteiger partial charge in [-0.25, -0.2) is 4.79 Å². The third kappa shape index (κ3) is 6.81. The second kappa shape index (κ2) is 8.16. The zero-order chi connectivity index (χ0) is 17.5. The number of carbonyl (C=O) groups is 3. The standard InChI is InChI=1S/C14H15F3N2O4/c1-2-18-13(22)19-11(20)8-23-12(21)7-9-4-3-5-10(6-9)14(15,16)17/h3-6H,2,7-8H2,1H3,(H2,18,19,20,22). The predicted octanol–water partition coefficient (Wildman–Crippen LogP) is 1.64. The molecule has 0 atom stereocenters. The van der Waals surface area contributed by atoms with Crippen LogP contribution in [0.25, 0.3) is 0 Å². The summed E-state index contributed by atoms with van der Waals surface area (Å²) in [5.41, 5.74) is -0.772. The van der Waals surface area contributed by atoms with Crippen LogP contribution in [0.3, 0.4) is 0 Å². The molecule has 0 aromatic heterocycles. The molecule has 23 heavy (non-hydrogen) atoms. The van der Waals surface area contributed by atoms with E-state index in [1.807, 2.05) is 5.32 Å². The Hall–Kier alpha value is -2.58. The van der Waals surface area contributed by atoms with Crippen molar-refractivity contribution in [1.29, 1.82) is 0 Å². The molecule has 0 unspecified atom stereocenters. The first-order valence-corrected chi connectivity index (χ1v) is 6.61. The molecule has 126 valence electrons. The number of urea groups is 1. The molecule has 0 saturated carbocycles. The van der Waals surface area contributed by atoms with Gasteiger partial charge in [0.1, 0.15) is 0 Å². The molecule has 1 rings (SSSR count). The maximum Gasteiger partial charge on any atom is 0.416 e. The Morgan fingerprint density at radius 1 is 1.22 bits per heavy atom. The molecule has 0 heterocycles. The van der Waals surface area contributed by atoms with Crippen LogP contribution in [0.1, 0.15) is 18.1 Å². The van der Waals surface area contributed by atoms with Gasteiger partial charge < -0.3 is 10.1 Å². The summed E-state index contributed by atoms with van der Waals surface area (Å²) >= 11 is 0. The van der Waals surface area contributed by atoms with Crippen LogP contribution in [-0.2, 0) is 26.9 Å². The van der Waals surface area contributed by atoms with Gasteiger partial charge in [0, 0.05) is 6.54 Å². The number of imide groups is 1. The quantitative estimate of drug-likeness (QED) is 0.803. The number of alkyl halides is 3. The minimum Gasteiger partial charge on any atom is -0.455 e. The molecule has 0 saturated heterocycles. The van der Waals surface area contributed by atoms with Gasteiger partial charge >= 0.3 is 18.2 Å². The monoisotopic (exact) mass is 332 g/mol. The van der Waals surface area contributed by atoms with E-state index in [0.29, 0.717) is 6.54 Å². The number of ether oxygens (including phenoxy) is 1. The van der Waals surface area contributed by atoms with Crippen LogP contribution in [0.4, 0.5) is 18.0 Å². The van der Waals surface area contributed by atoms with E-state index in [1.54, 1.807) is 6.92 Å². The van der Waals surface area contributed by atoms with Gasteiger partial charge in [-0.2, -0.15) is 13.2 Å². The highest BCUT2D eigenvalue weighted by atomic mass is 19.4. The maximum absolute atomic E-state index is 12.5. The highest BCUT2D eigenvalue weighted by Crippen LogP contribution is 2.29. The van der Waals surface area contributed by atoms with Crippen molar-refractivity contribution in [1.82, 2.24) is 10.6 Å². The minimum atomic E-state index is -4.51. The van der Waals surface area contributed by atoms with Crippen molar-refractivity contribution in [2.75, 3.05) is 13.2 Å². The Labute approximate surface area is 130 Å². The highest BCUT2D eigenvalue weighted by Gasteiger charge is 2.30. The van der Waals surface area contributed by atoms with Crippen LogP contribution in [0.5, 0.6) is 0 Å². The number of nitrogens with one attached hydrogen (secondary N) is 2. The van der Waals surface area contributed by atoms with E-state index in [-0.39, 0.29) is 5.56 Å². The maximum atomic E-state index is 12.5. The van der Waals surface area contributed by atoms with Crippen LogP contribution in [-0.4, -0.2) is 31.1 Å². The van der Waals surface area contributed by atoms with Crippen LogP contribution in [0.2, 0.25) is 0 Å². The molecule has 9 heteroatoms. The van der Waals surface area contributed by atoms with Crippen molar-refractivity contribution in [2.24, 2.45) is 0 Å². The summed E-state index contributed by atoms with van der Waals surface area (Å²) in [6.07, 6.45) is -4.93. The van der Waals surface area contributed by atoms with Crippen molar-refractivity contribution in [3.8, 4) is 0 Å². The van der Waals surface area contributed by atoms with Crippen LogP contribution in [0.15, 0.2) is 24.3 Å². The van der Waals surface area contributed by atoms with E-state index in [2.05, 4.69) is 10.1 Å². The summed E-state index contributed by atoms with van der Waals surface area (Å²) in [4.78, 5) is 33.8. The number of amides is 3. The third-order valence-corrected chi connectivity index (χ3v) is 2.56. The van der Waals surface area contributed by atoms with E-state index < -0.39 is 42.7 Å². The first kappa shape index (κ1) is 18.5. The van der Waals surface area contributed by atoms with E-state index >= 15 is 0 Å². The lowest BCUT2D eigenvalue weighted by Crippen LogP contribution is -2.41. The molecule has 0 radical (unpaired) electrons. The van der Waals surface area contributed by atoms with Crippen LogP contribution < -0.4 is 10.6 Å². The Bertz CT molecular complexity index is 588. The molecule has 3 amide bonds. The Balaban J connectivity index is 2.48. The lowest BCUT2D eigenvalue weighted by atomic mass is 10.1. The summed E-state index contributed by atoms with van der Waals surface area (Å²) < 4.78 is 42.2. The number of carbonyl (C=O) groups excluding carboxylic acids is 3. The first-order chi connectivity index (χ1) is 10.7. The summed E-state index contributed by atoms with van der Waals surface area (Å²) in [6.45, 7) is 1.27. The number of halogens is 3. The van der Waals surface area contributed by atoms with Crippen molar-refractivity contribution in [3.63, 3.8) is 0 Å². The third-order valence-electron chi connectivity index (χ3n) is 2.56. The first-order valence-electron chi connectivity index (χ1n) is 6.61. The molecule has 0 fully saturated rings. The molecule has 0 aliphatic carbocycles. The van der Waals surface area contributed by atoms with E-state index in [4.69, 9.17) is 0 Å². The topological polar surface area (TPSA) is 84.5 Å². The molecular formula is C14H15F3N2O4. The van der Waals surface area contributed by atoms with Crippen molar-refractivity contribution < 1.29 is 32.3 Å². The average molecular weight is 332 g/mol. The Morgan fingerprint density at radius 2 is 1.91 bits per heavy atom. The lowest BCUT2D eigenvalue weighted by molar-refractivity contribution is -0.147. The number of esters is 1. The second-order valence-corrected chi connectivity index (χ2v) is 4.44. The normalized spacial score (nSPS) is 10.8. The summed E-state index contributed by atoms with van der Waals surface area (Å²) in [5.74, 6) is -1.72. The van der Waals surface area contributed by atoms with Crippen LogP contribution in [0, 0.1) is 0 Å². The fourth-order valence-electron chi connectivity index (χ4n) is 1.59. The van der Waals surface area contributed by atoms with E-state index in [9.17, 15) is 27.6 Å². The number of benzene rings is 1. The van der Waals surface area contributed by atoms with Crippen molar-refractivity contribution in [2.45, 2.75) is 19.5 Å². The number of hydrogen-bond acceptors (Lipinski definition) is 4. The fourth-order valence-corrected chi connectivity index (χ4v) is 1.59. The van der Waals surface area contributed by atoms with Gasteiger partial charge in [0.25, 0.3) is 5.91 Å². The van der Waals surface area contributed by atoms with Crippen molar-refractivity contribution in [3.05, 3.63) is 35.4 Å². The van der Waals surface area contributed by atoms with Gasteiger partial charge in [0.2, 0.25) is 0 Å². The summed E-state index contributed by atoms with van der Waals surface area (Å²) in [5, 5.41) is 4.22. The minimum absolute atomic E-state index is 0.106. The fraction of sp³-hybridized carbons (Fsp3) is 0.357. The van der Waals surface area contributed by atoms with Gasteiger partial charge in [0.05, 0.1) is 12.0 Å². The molecule has 0 bridgehead atoms. The smallest absolute Gasteiger partial charge is 0.416 e. The van der Waals surface area contributed by atoms with Crippen molar-refractivity contribution >= 4 is 17.9 Å². The molecule has 1 aromatic rings. The molecule has 0 aliphatic rings. The Morgan fingerprint density at radius 3 is 2.52 bits per heavy atom. The number of rotatable bonds is 5. The SMILES string of the molecule is CCNC(=O)NC(=O)COC(=O)Cc1cccc(C(F)(F)F)c1. The van der Waals surface area contributed by atoms with Gasteiger partial charge in [-0.15, -0.1) is 0 Å². The molecule has 0 aliphatic heterocycles. The molecule has 6 nitrogen and oxygen atoms in total. The molecule has 0 spiro atoms. The second-order valence-electron chi connectivity index (χ2n) is 4.44. The van der Waals surface area contributed by atoms with Gasteiger partial charge in [0.15, 0.2) is 6.61 Å². The summed E-state index contributed by atoms with van der Waals surface area (Å²) in [6, 6.07) is 3.50. The zero-order valence-corrected chi connectivity index (χ0v) is 12.2. The van der Waals surface area contributed by atoms with Gasteiger partial charge in [-0.05, 0) is 18.6 Å². The van der Waals surface area contributed by atoms with E-state index in [1.165, 1.54) is 12.1 Å². The summed E-state index contributed by atoms with van der Waals surface area (Å²) in [7, 11) is 0. The van der Waals surface area contributed by atoms with E-state index in [0.717, 1.165) is 12.1 Å².